The highest BCUT2D eigenvalue weighted by Crippen LogP contribution is 1.99. The maximum Gasteiger partial charge on any atom is 0.321 e. The summed E-state index contributed by atoms with van der Waals surface area (Å²) in [6.07, 6.45) is 0.827. The Morgan fingerprint density at radius 1 is 2.00 bits per heavy atom. The van der Waals surface area contributed by atoms with Gasteiger partial charge in [0.2, 0.25) is 0 Å². The maximum atomic E-state index is 10.3. The fraction of sp³-hybridized carbons (Fsp3) is 0.800. The number of hydrogen-bond acceptors (Lipinski definition) is 3. The van der Waals surface area contributed by atoms with Gasteiger partial charge in [-0.2, -0.15) is 0 Å². The summed E-state index contributed by atoms with van der Waals surface area (Å²) in [5.41, 5.74) is 0. The molecule has 1 unspecified atom stereocenters. The number of rotatable bonds is 1. The molecule has 1 saturated heterocycles. The van der Waals surface area contributed by atoms with Gasteiger partial charge in [-0.3, -0.25) is 10.1 Å². The van der Waals surface area contributed by atoms with Crippen LogP contribution in [0.2, 0.25) is 0 Å². The second-order valence-corrected chi connectivity index (χ2v) is 1.77. The molecule has 0 aliphatic carbocycles. The minimum Gasteiger partial charge on any atom is -0.446 e. The predicted octanol–water partition coefficient (Wildman–Crippen LogP) is -0.131. The fourth-order valence-corrected chi connectivity index (χ4v) is 0.667. The number of cyclic esters (lactones) is 1. The van der Waals surface area contributed by atoms with E-state index in [0.717, 1.165) is 6.42 Å². The third-order valence-electron chi connectivity index (χ3n) is 1.12. The summed E-state index contributed by atoms with van der Waals surface area (Å²) in [6, 6.07) is 0. The lowest BCUT2D eigenvalue weighted by molar-refractivity contribution is -0.140. The summed E-state index contributed by atoms with van der Waals surface area (Å²) in [5.74, 6) is -0.142. The van der Waals surface area contributed by atoms with Gasteiger partial charge in [-0.15, -0.1) is 0 Å². The topological polar surface area (TPSA) is 38.3 Å². The first kappa shape index (κ1) is 5.56. The second kappa shape index (κ2) is 2.13. The van der Waals surface area contributed by atoms with Crippen LogP contribution in [0.4, 0.5) is 0 Å². The van der Waals surface area contributed by atoms with Gasteiger partial charge in [-0.25, -0.2) is 0 Å². The van der Waals surface area contributed by atoms with Crippen LogP contribution in [-0.2, 0) is 9.53 Å². The summed E-state index contributed by atoms with van der Waals surface area (Å²) in [4.78, 5) is 10.3. The highest BCUT2D eigenvalue weighted by atomic mass is 16.6. The highest BCUT2D eigenvalue weighted by molar-refractivity contribution is 5.73. The van der Waals surface area contributed by atoms with Crippen molar-refractivity contribution in [2.24, 2.45) is 0 Å². The Morgan fingerprint density at radius 3 is 3.00 bits per heavy atom. The van der Waals surface area contributed by atoms with Crippen LogP contribution in [0, 0.1) is 0 Å². The van der Waals surface area contributed by atoms with Crippen molar-refractivity contribution < 1.29 is 9.53 Å². The fourth-order valence-electron chi connectivity index (χ4n) is 0.667. The van der Waals surface area contributed by atoms with Gasteiger partial charge in [-0.1, -0.05) is 6.92 Å². The van der Waals surface area contributed by atoms with Gasteiger partial charge < -0.3 is 4.74 Å². The molecule has 1 heterocycles. The Morgan fingerprint density at radius 2 is 2.75 bits per heavy atom. The van der Waals surface area contributed by atoms with Crippen LogP contribution >= 0.6 is 0 Å². The zero-order valence-corrected chi connectivity index (χ0v) is 4.81. The van der Waals surface area contributed by atoms with E-state index in [-0.39, 0.29) is 12.2 Å². The van der Waals surface area contributed by atoms with Gasteiger partial charge in [0, 0.05) is 0 Å². The Bertz CT molecular complexity index is 103. The molecule has 1 aliphatic heterocycles. The van der Waals surface area contributed by atoms with E-state index in [0.29, 0.717) is 6.54 Å². The first-order valence-electron chi connectivity index (χ1n) is 2.76. The van der Waals surface area contributed by atoms with Crippen LogP contribution < -0.4 is 5.32 Å². The Hall–Kier alpha value is -0.570. The van der Waals surface area contributed by atoms with Crippen LogP contribution in [0.25, 0.3) is 0 Å². The average molecular weight is 115 g/mol. The van der Waals surface area contributed by atoms with E-state index in [1.54, 1.807) is 0 Å². The molecule has 0 saturated carbocycles. The van der Waals surface area contributed by atoms with Crippen molar-refractivity contribution in [2.75, 3.05) is 6.54 Å². The number of esters is 1. The molecule has 0 aromatic rings. The monoisotopic (exact) mass is 115 g/mol. The van der Waals surface area contributed by atoms with Gasteiger partial charge in [0.25, 0.3) is 0 Å². The Balaban J connectivity index is 2.32. The number of nitrogens with one attached hydrogen (secondary N) is 1. The van der Waals surface area contributed by atoms with Crippen LogP contribution in [0.3, 0.4) is 0 Å². The van der Waals surface area contributed by atoms with Gasteiger partial charge in [0.1, 0.15) is 0 Å². The summed E-state index contributed by atoms with van der Waals surface area (Å²) in [6.45, 7) is 2.34. The molecular formula is C5H9NO2. The lowest BCUT2D eigenvalue weighted by Gasteiger charge is -2.02. The van der Waals surface area contributed by atoms with E-state index in [2.05, 4.69) is 5.32 Å². The molecular weight excluding hydrogens is 106 g/mol. The smallest absolute Gasteiger partial charge is 0.321 e. The van der Waals surface area contributed by atoms with Gasteiger partial charge in [-0.05, 0) is 6.42 Å². The summed E-state index contributed by atoms with van der Waals surface area (Å²) in [7, 11) is 0. The van der Waals surface area contributed by atoms with Crippen molar-refractivity contribution in [1.29, 1.82) is 0 Å². The molecule has 1 atom stereocenters. The van der Waals surface area contributed by atoms with E-state index >= 15 is 0 Å². The number of hydrogen-bond donors (Lipinski definition) is 1. The molecule has 0 bridgehead atoms. The zero-order valence-electron chi connectivity index (χ0n) is 4.81. The van der Waals surface area contributed by atoms with Crippen molar-refractivity contribution in [3.8, 4) is 0 Å². The molecule has 0 aromatic heterocycles. The number of carbonyl (C=O) groups is 1. The quantitative estimate of drug-likeness (QED) is 0.484. The van der Waals surface area contributed by atoms with Crippen LogP contribution in [0.5, 0.6) is 0 Å². The first-order chi connectivity index (χ1) is 3.83. The minimum atomic E-state index is -0.142. The summed E-state index contributed by atoms with van der Waals surface area (Å²) >= 11 is 0. The average Bonchev–Trinajstić information content (AvgIpc) is 2.14. The van der Waals surface area contributed by atoms with Gasteiger partial charge in [0.15, 0.2) is 6.23 Å². The SMILES string of the molecule is CCC1NCC(=O)O1. The molecule has 8 heavy (non-hydrogen) atoms. The largest absolute Gasteiger partial charge is 0.446 e. The lowest BCUT2D eigenvalue weighted by atomic mass is 10.4. The third-order valence-corrected chi connectivity index (χ3v) is 1.12. The van der Waals surface area contributed by atoms with Crippen molar-refractivity contribution in [3.63, 3.8) is 0 Å². The number of carbonyl (C=O) groups excluding carboxylic acids is 1. The number of ether oxygens (including phenoxy) is 1. The molecule has 0 spiro atoms. The molecule has 0 aromatic carbocycles. The van der Waals surface area contributed by atoms with E-state index < -0.39 is 0 Å². The molecule has 1 fully saturated rings. The van der Waals surface area contributed by atoms with Gasteiger partial charge in [0.05, 0.1) is 6.54 Å². The van der Waals surface area contributed by atoms with E-state index in [1.165, 1.54) is 0 Å². The van der Waals surface area contributed by atoms with Crippen molar-refractivity contribution in [1.82, 2.24) is 5.32 Å². The van der Waals surface area contributed by atoms with Crippen LogP contribution in [0.1, 0.15) is 13.3 Å². The van der Waals surface area contributed by atoms with Crippen LogP contribution in [-0.4, -0.2) is 18.7 Å². The molecule has 3 nitrogen and oxygen atoms in total. The summed E-state index contributed by atoms with van der Waals surface area (Å²) < 4.78 is 4.76. The summed E-state index contributed by atoms with van der Waals surface area (Å²) in [5, 5.41) is 2.88. The maximum absolute atomic E-state index is 10.3. The third kappa shape index (κ3) is 0.980. The Labute approximate surface area is 48.0 Å². The molecule has 0 radical (unpaired) electrons. The van der Waals surface area contributed by atoms with E-state index in [9.17, 15) is 4.79 Å². The molecule has 1 rings (SSSR count). The Kier molecular flexibility index (Phi) is 1.48. The molecule has 46 valence electrons. The molecule has 3 heteroatoms. The van der Waals surface area contributed by atoms with Crippen molar-refractivity contribution >= 4 is 5.97 Å². The second-order valence-electron chi connectivity index (χ2n) is 1.77. The molecule has 1 N–H and O–H groups in total. The predicted molar refractivity (Wildman–Crippen MR) is 28.2 cm³/mol. The molecule has 0 amide bonds. The molecule has 1 aliphatic rings. The standard InChI is InChI=1S/C5H9NO2/c1-2-4-6-3-5(7)8-4/h4,6H,2-3H2,1H3. The van der Waals surface area contributed by atoms with E-state index in [1.807, 2.05) is 6.92 Å². The normalized spacial score (nSPS) is 28.1. The van der Waals surface area contributed by atoms with Crippen molar-refractivity contribution in [2.45, 2.75) is 19.6 Å². The van der Waals surface area contributed by atoms with Crippen LogP contribution in [0.15, 0.2) is 0 Å². The van der Waals surface area contributed by atoms with Crippen molar-refractivity contribution in [3.05, 3.63) is 0 Å². The first-order valence-corrected chi connectivity index (χ1v) is 2.76. The highest BCUT2D eigenvalue weighted by Gasteiger charge is 2.19. The zero-order chi connectivity index (χ0) is 5.98. The van der Waals surface area contributed by atoms with E-state index in [4.69, 9.17) is 4.74 Å². The van der Waals surface area contributed by atoms with Gasteiger partial charge >= 0.3 is 5.97 Å². The lowest BCUT2D eigenvalue weighted by Crippen LogP contribution is -2.20. The minimum absolute atomic E-state index is 0.0255.